The number of pyridine rings is 1. The quantitative estimate of drug-likeness (QED) is 0.376. The van der Waals surface area contributed by atoms with Gasteiger partial charge < -0.3 is 25.8 Å². The number of aliphatic imine (C=N–C) groups is 1. The number of hydrogen-bond donors (Lipinski definition) is 2. The maximum atomic E-state index is 14.1. The molecule has 208 valence electrons. The van der Waals surface area contributed by atoms with Crippen molar-refractivity contribution >= 4 is 29.2 Å². The Morgan fingerprint density at radius 1 is 1.28 bits per heavy atom. The van der Waals surface area contributed by atoms with Crippen LogP contribution in [0.15, 0.2) is 41.2 Å². The van der Waals surface area contributed by atoms with Crippen LogP contribution in [0.1, 0.15) is 60.7 Å². The molecule has 4 N–H and O–H groups in total. The van der Waals surface area contributed by atoms with Gasteiger partial charge in [-0.05, 0) is 68.5 Å². The molecule has 2 aromatic rings. The van der Waals surface area contributed by atoms with E-state index in [0.717, 1.165) is 0 Å². The van der Waals surface area contributed by atoms with Crippen molar-refractivity contribution in [1.29, 1.82) is 5.26 Å². The Balaban J connectivity index is 2.52. The number of esters is 1. The van der Waals surface area contributed by atoms with Crippen LogP contribution in [0.2, 0.25) is 0 Å². The van der Waals surface area contributed by atoms with Crippen molar-refractivity contribution < 1.29 is 23.5 Å². The van der Waals surface area contributed by atoms with Gasteiger partial charge in [-0.15, -0.1) is 0 Å². The molecule has 10 nitrogen and oxygen atoms in total. The first-order valence-corrected chi connectivity index (χ1v) is 12.1. The number of methoxy groups -OCH3 is 1. The summed E-state index contributed by atoms with van der Waals surface area (Å²) in [6.07, 6.45) is 1.17. The van der Waals surface area contributed by atoms with E-state index in [9.17, 15) is 19.2 Å². The van der Waals surface area contributed by atoms with E-state index in [4.69, 9.17) is 20.9 Å². The van der Waals surface area contributed by atoms with Gasteiger partial charge in [-0.25, -0.2) is 19.0 Å². The van der Waals surface area contributed by atoms with Gasteiger partial charge in [-0.3, -0.25) is 4.99 Å². The molecule has 0 fully saturated rings. The number of nitrogens with zero attached hydrogens (tertiary/aromatic N) is 4. The summed E-state index contributed by atoms with van der Waals surface area (Å²) in [5.41, 5.74) is 14.1. The summed E-state index contributed by atoms with van der Waals surface area (Å²) < 4.78 is 24.3. The van der Waals surface area contributed by atoms with Crippen LogP contribution in [-0.2, 0) is 15.9 Å². The Morgan fingerprint density at radius 3 is 2.51 bits per heavy atom. The van der Waals surface area contributed by atoms with Crippen molar-refractivity contribution in [1.82, 2.24) is 9.88 Å². The number of nitriles is 1. The molecule has 0 aliphatic carbocycles. The number of rotatable bonds is 8. The summed E-state index contributed by atoms with van der Waals surface area (Å²) in [7, 11) is 4.24. The first kappa shape index (κ1) is 30.8. The zero-order valence-corrected chi connectivity index (χ0v) is 23.3. The van der Waals surface area contributed by atoms with Gasteiger partial charge in [0.25, 0.3) is 0 Å². The number of nitrogens with two attached hydrogens (primary N) is 2. The summed E-state index contributed by atoms with van der Waals surface area (Å²) >= 11 is 0. The highest BCUT2D eigenvalue weighted by Gasteiger charge is 2.24. The molecule has 1 amide bonds. The SMILES string of the molecule is CN=C(C#N)C(=C(N)CN(C)C(=O)OC(C)(C)C)c1cnc(N)c(CC(C)c2cc(F)ccc2C(=O)OC)c1. The van der Waals surface area contributed by atoms with Crippen molar-refractivity contribution in [3.63, 3.8) is 0 Å². The average molecular weight is 539 g/mol. The van der Waals surface area contributed by atoms with E-state index in [0.29, 0.717) is 16.7 Å². The number of hydrogen-bond acceptors (Lipinski definition) is 9. The number of carbonyl (C=O) groups excluding carboxylic acids is 2. The van der Waals surface area contributed by atoms with E-state index in [1.165, 1.54) is 50.5 Å². The minimum Gasteiger partial charge on any atom is -0.465 e. The van der Waals surface area contributed by atoms with Crippen LogP contribution in [0.5, 0.6) is 0 Å². The average Bonchev–Trinajstić information content (AvgIpc) is 2.86. The Morgan fingerprint density at radius 2 is 1.95 bits per heavy atom. The van der Waals surface area contributed by atoms with Crippen LogP contribution >= 0.6 is 0 Å². The lowest BCUT2D eigenvalue weighted by Crippen LogP contribution is -2.36. The van der Waals surface area contributed by atoms with E-state index >= 15 is 0 Å². The van der Waals surface area contributed by atoms with E-state index in [2.05, 4.69) is 9.98 Å². The zero-order valence-electron chi connectivity index (χ0n) is 23.3. The first-order valence-electron chi connectivity index (χ1n) is 12.1. The standard InChI is InChI=1S/C28H35FN6O4/c1-16(21-12-19(29)8-9-20(21)26(36)38-7)10-17-11-18(14-34-25(17)32)24(23(13-30)33-5)22(31)15-35(6)27(37)39-28(2,3)4/h8-9,11-12,14,16H,10,15,31H2,1-7H3,(H2,32,34). The minimum atomic E-state index is -0.697. The van der Waals surface area contributed by atoms with Crippen molar-refractivity contribution in [2.45, 2.75) is 45.6 Å². The van der Waals surface area contributed by atoms with Gasteiger partial charge in [0.2, 0.25) is 0 Å². The minimum absolute atomic E-state index is 0.0359. The molecule has 0 saturated heterocycles. The molecule has 2 rings (SSSR count). The summed E-state index contributed by atoms with van der Waals surface area (Å²) in [4.78, 5) is 34.4. The fraction of sp³-hybridized carbons (Fsp3) is 0.393. The topological polar surface area (TPSA) is 157 Å². The largest absolute Gasteiger partial charge is 0.465 e. The van der Waals surface area contributed by atoms with Gasteiger partial charge in [-0.2, -0.15) is 5.26 Å². The number of amides is 1. The van der Waals surface area contributed by atoms with E-state index in [1.54, 1.807) is 26.8 Å². The predicted molar refractivity (Wildman–Crippen MR) is 147 cm³/mol. The molecule has 1 heterocycles. The third kappa shape index (κ3) is 8.01. The summed E-state index contributed by atoms with van der Waals surface area (Å²) in [5, 5.41) is 9.75. The molecule has 0 saturated carbocycles. The number of likely N-dealkylation sites (N-methyl/N-ethyl adjacent to an activating group) is 1. The molecule has 1 aromatic carbocycles. The lowest BCUT2D eigenvalue weighted by atomic mass is 9.89. The van der Waals surface area contributed by atoms with Crippen molar-refractivity contribution in [3.8, 4) is 6.07 Å². The third-order valence-corrected chi connectivity index (χ3v) is 5.77. The van der Waals surface area contributed by atoms with Crippen molar-refractivity contribution in [2.75, 3.05) is 33.5 Å². The smallest absolute Gasteiger partial charge is 0.410 e. The van der Waals surface area contributed by atoms with Crippen molar-refractivity contribution in [2.24, 2.45) is 10.7 Å². The number of nitrogen functional groups attached to an aromatic ring is 1. The lowest BCUT2D eigenvalue weighted by Gasteiger charge is -2.25. The zero-order chi connectivity index (χ0) is 29.5. The van der Waals surface area contributed by atoms with Gasteiger partial charge in [0.1, 0.15) is 29.0 Å². The second-order valence-corrected chi connectivity index (χ2v) is 10.0. The number of allylic oxidation sites excluding steroid dienone is 1. The predicted octanol–water partition coefficient (Wildman–Crippen LogP) is 4.07. The fourth-order valence-electron chi connectivity index (χ4n) is 3.93. The van der Waals surface area contributed by atoms with Crippen LogP contribution in [0.3, 0.4) is 0 Å². The second kappa shape index (κ2) is 12.9. The highest BCUT2D eigenvalue weighted by molar-refractivity contribution is 6.32. The van der Waals surface area contributed by atoms with E-state index in [1.807, 2.05) is 13.0 Å². The van der Waals surface area contributed by atoms with Gasteiger partial charge in [0.05, 0.1) is 19.2 Å². The number of ether oxygens (including phenoxy) is 2. The Hall–Kier alpha value is -4.46. The van der Waals surface area contributed by atoms with Crippen molar-refractivity contribution in [3.05, 3.63) is 64.2 Å². The van der Waals surface area contributed by atoms with Crippen LogP contribution in [0, 0.1) is 17.1 Å². The number of benzene rings is 1. The molecular formula is C28H35FN6O4. The molecule has 1 aromatic heterocycles. The second-order valence-electron chi connectivity index (χ2n) is 10.0. The van der Waals surface area contributed by atoms with Gasteiger partial charge in [-0.1, -0.05) is 6.92 Å². The Labute approximate surface area is 228 Å². The highest BCUT2D eigenvalue weighted by atomic mass is 19.1. The summed E-state index contributed by atoms with van der Waals surface area (Å²) in [6, 6.07) is 7.61. The van der Waals surface area contributed by atoms with Crippen LogP contribution in [-0.4, -0.2) is 61.0 Å². The van der Waals surface area contributed by atoms with Crippen LogP contribution in [0.4, 0.5) is 15.0 Å². The number of aromatic nitrogens is 1. The molecule has 0 radical (unpaired) electrons. The number of halogens is 1. The molecule has 0 aliphatic heterocycles. The van der Waals surface area contributed by atoms with Gasteiger partial charge >= 0.3 is 12.1 Å². The Bertz CT molecular complexity index is 1340. The maximum absolute atomic E-state index is 14.1. The lowest BCUT2D eigenvalue weighted by molar-refractivity contribution is 0.0313. The highest BCUT2D eigenvalue weighted by Crippen LogP contribution is 2.29. The maximum Gasteiger partial charge on any atom is 0.410 e. The number of carbonyl (C=O) groups is 2. The monoisotopic (exact) mass is 538 g/mol. The fourth-order valence-corrected chi connectivity index (χ4v) is 3.93. The summed E-state index contributed by atoms with van der Waals surface area (Å²) in [6.45, 7) is 7.03. The van der Waals surface area contributed by atoms with E-state index < -0.39 is 23.5 Å². The van der Waals surface area contributed by atoms with Gasteiger partial charge in [0, 0.05) is 37.1 Å². The van der Waals surface area contributed by atoms with Gasteiger partial charge in [0.15, 0.2) is 0 Å². The molecule has 39 heavy (non-hydrogen) atoms. The third-order valence-electron chi connectivity index (χ3n) is 5.77. The molecular weight excluding hydrogens is 503 g/mol. The molecule has 11 heteroatoms. The molecule has 1 atom stereocenters. The molecule has 0 aliphatic rings. The van der Waals surface area contributed by atoms with Crippen LogP contribution in [0.25, 0.3) is 5.57 Å². The normalized spacial score (nSPS) is 13.2. The molecule has 0 spiro atoms. The molecule has 0 bridgehead atoms. The molecule has 1 unspecified atom stereocenters. The Kier molecular flexibility index (Phi) is 10.1. The summed E-state index contributed by atoms with van der Waals surface area (Å²) in [5.74, 6) is -1.21. The number of anilines is 1. The van der Waals surface area contributed by atoms with E-state index in [-0.39, 0.29) is 47.2 Å². The van der Waals surface area contributed by atoms with Crippen LogP contribution < -0.4 is 11.5 Å². The first-order chi connectivity index (χ1) is 18.2.